The molecule has 3 rings (SSSR count). The summed E-state index contributed by atoms with van der Waals surface area (Å²) in [6.45, 7) is 0.967. The third kappa shape index (κ3) is 3.44. The molecule has 4 heteroatoms. The maximum absolute atomic E-state index is 12.5. The zero-order valence-electron chi connectivity index (χ0n) is 13.8. The first-order valence-electron chi connectivity index (χ1n) is 7.86. The predicted molar refractivity (Wildman–Crippen MR) is 92.5 cm³/mol. The monoisotopic (exact) mass is 321 g/mol. The van der Waals surface area contributed by atoms with Crippen molar-refractivity contribution in [3.8, 4) is 5.75 Å². The summed E-state index contributed by atoms with van der Waals surface area (Å²) in [6, 6.07) is 14.4. The van der Waals surface area contributed by atoms with Gasteiger partial charge in [0.05, 0.1) is 0 Å². The highest BCUT2D eigenvalue weighted by molar-refractivity contribution is 6.23. The molecule has 2 aromatic carbocycles. The molecule has 0 bridgehead atoms. The maximum Gasteiger partial charge on any atom is 0.229 e. The summed E-state index contributed by atoms with van der Waals surface area (Å²) in [7, 11) is 4.07. The highest BCUT2D eigenvalue weighted by Gasteiger charge is 2.26. The quantitative estimate of drug-likeness (QED) is 0.849. The van der Waals surface area contributed by atoms with Crippen LogP contribution in [-0.2, 0) is 6.42 Å². The lowest BCUT2D eigenvalue weighted by Gasteiger charge is -2.15. The molecule has 0 amide bonds. The van der Waals surface area contributed by atoms with E-state index in [4.69, 9.17) is 4.74 Å². The Balaban J connectivity index is 1.75. The van der Waals surface area contributed by atoms with Gasteiger partial charge in [0.2, 0.25) is 5.78 Å². The molecule has 0 N–H and O–H groups in total. The normalized spacial score (nSPS) is 13.7. The smallest absolute Gasteiger partial charge is 0.229 e. The van der Waals surface area contributed by atoms with Gasteiger partial charge in [-0.3, -0.25) is 9.59 Å². The Labute approximate surface area is 141 Å². The van der Waals surface area contributed by atoms with Crippen LogP contribution in [0.25, 0.3) is 0 Å². The van der Waals surface area contributed by atoms with Gasteiger partial charge in [-0.15, -0.1) is 0 Å². The third-order valence-electron chi connectivity index (χ3n) is 3.92. The van der Waals surface area contributed by atoms with Crippen LogP contribution in [0.4, 0.5) is 0 Å². The fourth-order valence-electron chi connectivity index (χ4n) is 2.57. The lowest BCUT2D eigenvalue weighted by molar-refractivity contribution is 0.0947. The molecule has 0 spiro atoms. The summed E-state index contributed by atoms with van der Waals surface area (Å²) in [5.41, 5.74) is 2.01. The van der Waals surface area contributed by atoms with Crippen LogP contribution in [0.3, 0.4) is 0 Å². The van der Waals surface area contributed by atoms with Crippen LogP contribution in [0.1, 0.15) is 26.3 Å². The SMILES string of the molecule is CN(C)CCc1ccc(OC2=CC(=O)c3ccccc3C2=O)cc1. The maximum atomic E-state index is 12.5. The Bertz CT molecular complexity index is 804. The van der Waals surface area contributed by atoms with Gasteiger partial charge in [0.15, 0.2) is 11.5 Å². The molecule has 122 valence electrons. The Hall–Kier alpha value is -2.72. The average molecular weight is 321 g/mol. The first-order valence-corrected chi connectivity index (χ1v) is 7.86. The molecule has 0 aromatic heterocycles. The second kappa shape index (κ2) is 6.81. The lowest BCUT2D eigenvalue weighted by Crippen LogP contribution is -2.20. The minimum atomic E-state index is -0.262. The van der Waals surface area contributed by atoms with Gasteiger partial charge < -0.3 is 9.64 Å². The molecule has 4 nitrogen and oxygen atoms in total. The first kappa shape index (κ1) is 16.1. The predicted octanol–water partition coefficient (Wildman–Crippen LogP) is 3.13. The summed E-state index contributed by atoms with van der Waals surface area (Å²) >= 11 is 0. The summed E-state index contributed by atoms with van der Waals surface area (Å²) in [4.78, 5) is 26.7. The fraction of sp³-hybridized carbons (Fsp3) is 0.200. The molecule has 1 aliphatic carbocycles. The molecule has 24 heavy (non-hydrogen) atoms. The van der Waals surface area contributed by atoms with Gasteiger partial charge in [-0.05, 0) is 38.2 Å². The number of nitrogens with zero attached hydrogens (tertiary/aromatic N) is 1. The van der Waals surface area contributed by atoms with E-state index in [2.05, 4.69) is 4.90 Å². The van der Waals surface area contributed by atoms with E-state index in [-0.39, 0.29) is 17.3 Å². The van der Waals surface area contributed by atoms with E-state index in [0.717, 1.165) is 13.0 Å². The van der Waals surface area contributed by atoms with Crippen LogP contribution < -0.4 is 4.74 Å². The van der Waals surface area contributed by atoms with Crippen molar-refractivity contribution >= 4 is 11.6 Å². The number of carbonyl (C=O) groups is 2. The number of fused-ring (bicyclic) bond motifs is 1. The number of Topliss-reactive ketones (excluding diaryl/α,β-unsaturated/α-hetero) is 1. The topological polar surface area (TPSA) is 46.6 Å². The van der Waals surface area contributed by atoms with Crippen molar-refractivity contribution in [2.24, 2.45) is 0 Å². The molecule has 0 radical (unpaired) electrons. The summed E-state index contributed by atoms with van der Waals surface area (Å²) in [6.07, 6.45) is 2.21. The number of rotatable bonds is 5. The molecular formula is C20H19NO3. The highest BCUT2D eigenvalue weighted by atomic mass is 16.5. The molecule has 0 saturated heterocycles. The van der Waals surface area contributed by atoms with Gasteiger partial charge in [0.25, 0.3) is 0 Å². The van der Waals surface area contributed by atoms with E-state index in [1.54, 1.807) is 24.3 Å². The molecule has 0 fully saturated rings. The van der Waals surface area contributed by atoms with Crippen LogP contribution in [-0.4, -0.2) is 37.1 Å². The van der Waals surface area contributed by atoms with Crippen LogP contribution in [0.15, 0.2) is 60.4 Å². The van der Waals surface area contributed by atoms with Crippen LogP contribution in [0, 0.1) is 0 Å². The Kier molecular flexibility index (Phi) is 4.58. The van der Waals surface area contributed by atoms with Crippen LogP contribution in [0.2, 0.25) is 0 Å². The van der Waals surface area contributed by atoms with Gasteiger partial charge in [0, 0.05) is 23.7 Å². The Morgan fingerprint density at radius 1 is 0.917 bits per heavy atom. The first-order chi connectivity index (χ1) is 11.5. The number of ether oxygens (including phenoxy) is 1. The number of ketones is 2. The van der Waals surface area contributed by atoms with Gasteiger partial charge >= 0.3 is 0 Å². The Morgan fingerprint density at radius 2 is 1.58 bits per heavy atom. The zero-order chi connectivity index (χ0) is 17.1. The number of benzene rings is 2. The second-order valence-corrected chi connectivity index (χ2v) is 6.05. The van der Waals surface area contributed by atoms with E-state index in [1.807, 2.05) is 38.4 Å². The van der Waals surface area contributed by atoms with Gasteiger partial charge in [-0.25, -0.2) is 0 Å². The summed E-state index contributed by atoms with van der Waals surface area (Å²) in [5.74, 6) is 0.153. The largest absolute Gasteiger partial charge is 0.453 e. The van der Waals surface area contributed by atoms with E-state index in [0.29, 0.717) is 16.9 Å². The molecule has 2 aromatic rings. The van der Waals surface area contributed by atoms with Crippen molar-refractivity contribution in [1.29, 1.82) is 0 Å². The van der Waals surface area contributed by atoms with Crippen LogP contribution in [0.5, 0.6) is 5.75 Å². The number of hydrogen-bond donors (Lipinski definition) is 0. The van der Waals surface area contributed by atoms with Crippen LogP contribution >= 0.6 is 0 Å². The summed E-state index contributed by atoms with van der Waals surface area (Å²) in [5, 5.41) is 0. The molecule has 0 saturated carbocycles. The Morgan fingerprint density at radius 3 is 2.25 bits per heavy atom. The van der Waals surface area contributed by atoms with Crippen molar-refractivity contribution in [3.05, 3.63) is 77.1 Å². The van der Waals surface area contributed by atoms with Gasteiger partial charge in [-0.2, -0.15) is 0 Å². The van der Waals surface area contributed by atoms with Gasteiger partial charge in [-0.1, -0.05) is 36.4 Å². The molecule has 0 aliphatic heterocycles. The van der Waals surface area contributed by atoms with Crippen molar-refractivity contribution < 1.29 is 14.3 Å². The van der Waals surface area contributed by atoms with Crippen molar-refractivity contribution in [3.63, 3.8) is 0 Å². The van der Waals surface area contributed by atoms with Crippen molar-refractivity contribution in [2.75, 3.05) is 20.6 Å². The standard InChI is InChI=1S/C20H19NO3/c1-21(2)12-11-14-7-9-15(10-8-14)24-19-13-18(22)16-5-3-4-6-17(16)20(19)23/h3-10,13H,11-12H2,1-2H3. The van der Waals surface area contributed by atoms with E-state index >= 15 is 0 Å². The van der Waals surface area contributed by atoms with Gasteiger partial charge in [0.1, 0.15) is 5.75 Å². The van der Waals surface area contributed by atoms with Crippen molar-refractivity contribution in [1.82, 2.24) is 4.90 Å². The number of hydrogen-bond acceptors (Lipinski definition) is 4. The van der Waals surface area contributed by atoms with E-state index < -0.39 is 0 Å². The minimum Gasteiger partial charge on any atom is -0.453 e. The molecule has 1 aliphatic rings. The molecular weight excluding hydrogens is 302 g/mol. The zero-order valence-corrected chi connectivity index (χ0v) is 13.8. The highest BCUT2D eigenvalue weighted by Crippen LogP contribution is 2.24. The third-order valence-corrected chi connectivity index (χ3v) is 3.92. The second-order valence-electron chi connectivity index (χ2n) is 6.05. The molecule has 0 unspecified atom stereocenters. The van der Waals surface area contributed by atoms with E-state index in [9.17, 15) is 9.59 Å². The number of allylic oxidation sites excluding steroid dienone is 2. The van der Waals surface area contributed by atoms with Crippen molar-refractivity contribution in [2.45, 2.75) is 6.42 Å². The van der Waals surface area contributed by atoms with E-state index in [1.165, 1.54) is 11.6 Å². The lowest BCUT2D eigenvalue weighted by atomic mass is 9.94. The summed E-state index contributed by atoms with van der Waals surface area (Å²) < 4.78 is 5.66. The number of likely N-dealkylation sites (N-methyl/N-ethyl adjacent to an activating group) is 1. The fourth-order valence-corrected chi connectivity index (χ4v) is 2.57. The molecule has 0 heterocycles. The average Bonchev–Trinajstić information content (AvgIpc) is 2.59. The molecule has 0 atom stereocenters. The number of carbonyl (C=O) groups excluding carboxylic acids is 2. The minimum absolute atomic E-state index is 0.0692.